The molecule has 1 fully saturated rings. The van der Waals surface area contributed by atoms with Crippen molar-refractivity contribution in [1.29, 1.82) is 0 Å². The average molecular weight is 183 g/mol. The molecule has 2 heteroatoms. The van der Waals surface area contributed by atoms with E-state index in [1.54, 1.807) is 0 Å². The number of hydrogen-bond acceptors (Lipinski definition) is 2. The summed E-state index contributed by atoms with van der Waals surface area (Å²) in [6, 6.07) is 0. The minimum Gasteiger partial charge on any atom is -0.298 e. The maximum atomic E-state index is 10.9. The van der Waals surface area contributed by atoms with Crippen molar-refractivity contribution in [2.24, 2.45) is 0 Å². The van der Waals surface area contributed by atoms with E-state index in [1.165, 1.54) is 32.1 Å². The monoisotopic (exact) mass is 183 g/mol. The van der Waals surface area contributed by atoms with Crippen molar-refractivity contribution in [3.05, 3.63) is 0 Å². The van der Waals surface area contributed by atoms with Crippen LogP contribution in [-0.2, 0) is 4.79 Å². The van der Waals surface area contributed by atoms with Gasteiger partial charge in [-0.05, 0) is 13.0 Å². The van der Waals surface area contributed by atoms with Gasteiger partial charge >= 0.3 is 0 Å². The number of unbranched alkanes of at least 4 members (excludes halogenated alkanes) is 4. The smallest absolute Gasteiger partial charge is 0.148 e. The number of hydrogen-bond donors (Lipinski definition) is 0. The first-order valence-corrected chi connectivity index (χ1v) is 5.57. The number of likely N-dealkylation sites (tertiary alicyclic amines) is 1. The first-order chi connectivity index (χ1) is 6.33. The highest BCUT2D eigenvalue weighted by Gasteiger charge is 2.17. The standard InChI is InChI=1S/C11H21NO/c1-2-3-4-5-6-8-12-9-7-11(13)10-12/h2-10H2,1H3. The lowest BCUT2D eigenvalue weighted by molar-refractivity contribution is -0.116. The highest BCUT2D eigenvalue weighted by atomic mass is 16.1. The Morgan fingerprint density at radius 1 is 1.23 bits per heavy atom. The summed E-state index contributed by atoms with van der Waals surface area (Å²) >= 11 is 0. The van der Waals surface area contributed by atoms with E-state index in [9.17, 15) is 4.79 Å². The van der Waals surface area contributed by atoms with Crippen LogP contribution in [0.15, 0.2) is 0 Å². The summed E-state index contributed by atoms with van der Waals surface area (Å²) in [5.74, 6) is 0.425. The molecule has 1 aliphatic rings. The second-order valence-corrected chi connectivity index (χ2v) is 3.98. The zero-order valence-electron chi connectivity index (χ0n) is 8.72. The van der Waals surface area contributed by atoms with Gasteiger partial charge in [0, 0.05) is 13.0 Å². The van der Waals surface area contributed by atoms with Crippen LogP contribution in [0.4, 0.5) is 0 Å². The maximum Gasteiger partial charge on any atom is 0.148 e. The second kappa shape index (κ2) is 6.14. The zero-order valence-corrected chi connectivity index (χ0v) is 8.72. The van der Waals surface area contributed by atoms with Gasteiger partial charge in [0.2, 0.25) is 0 Å². The molecule has 13 heavy (non-hydrogen) atoms. The Morgan fingerprint density at radius 3 is 2.62 bits per heavy atom. The molecule has 0 radical (unpaired) electrons. The summed E-state index contributed by atoms with van der Waals surface area (Å²) in [6.07, 6.45) is 7.42. The van der Waals surface area contributed by atoms with Gasteiger partial charge < -0.3 is 0 Å². The molecule has 0 bridgehead atoms. The van der Waals surface area contributed by atoms with E-state index in [4.69, 9.17) is 0 Å². The van der Waals surface area contributed by atoms with Gasteiger partial charge in [0.1, 0.15) is 5.78 Å². The predicted octanol–water partition coefficient (Wildman–Crippen LogP) is 2.23. The third-order valence-corrected chi connectivity index (χ3v) is 2.68. The van der Waals surface area contributed by atoms with E-state index >= 15 is 0 Å². The van der Waals surface area contributed by atoms with Crippen molar-refractivity contribution in [2.45, 2.75) is 45.4 Å². The van der Waals surface area contributed by atoms with Crippen LogP contribution < -0.4 is 0 Å². The molecule has 0 spiro atoms. The average Bonchev–Trinajstić information content (AvgIpc) is 2.51. The minimum absolute atomic E-state index is 0.425. The first kappa shape index (κ1) is 10.7. The highest BCUT2D eigenvalue weighted by molar-refractivity contribution is 5.82. The van der Waals surface area contributed by atoms with Crippen molar-refractivity contribution in [1.82, 2.24) is 4.90 Å². The summed E-state index contributed by atoms with van der Waals surface area (Å²) in [7, 11) is 0. The molecule has 0 N–H and O–H groups in total. The number of carbonyl (C=O) groups is 1. The molecule has 0 aliphatic carbocycles. The van der Waals surface area contributed by atoms with Gasteiger partial charge in [-0.3, -0.25) is 9.69 Å². The molecule has 0 amide bonds. The van der Waals surface area contributed by atoms with Crippen LogP contribution in [-0.4, -0.2) is 30.3 Å². The summed E-state index contributed by atoms with van der Waals surface area (Å²) in [6.45, 7) is 5.09. The van der Waals surface area contributed by atoms with Crippen LogP contribution in [0, 0.1) is 0 Å². The van der Waals surface area contributed by atoms with Crippen LogP contribution in [0.5, 0.6) is 0 Å². The van der Waals surface area contributed by atoms with Crippen LogP contribution >= 0.6 is 0 Å². The van der Waals surface area contributed by atoms with E-state index in [1.807, 2.05) is 0 Å². The molecule has 0 aromatic heterocycles. The Kier molecular flexibility index (Phi) is 5.06. The fourth-order valence-corrected chi connectivity index (χ4v) is 1.82. The quantitative estimate of drug-likeness (QED) is 0.589. The van der Waals surface area contributed by atoms with Crippen LogP contribution in [0.2, 0.25) is 0 Å². The molecule has 0 aromatic rings. The van der Waals surface area contributed by atoms with Crippen molar-refractivity contribution in [3.63, 3.8) is 0 Å². The molecule has 0 saturated carbocycles. The molecule has 1 aliphatic heterocycles. The van der Waals surface area contributed by atoms with Crippen molar-refractivity contribution < 1.29 is 4.79 Å². The van der Waals surface area contributed by atoms with Gasteiger partial charge in [-0.2, -0.15) is 0 Å². The van der Waals surface area contributed by atoms with Crippen LogP contribution in [0.1, 0.15) is 45.4 Å². The Hall–Kier alpha value is -0.370. The van der Waals surface area contributed by atoms with Gasteiger partial charge in [0.05, 0.1) is 6.54 Å². The van der Waals surface area contributed by atoms with Gasteiger partial charge in [0.25, 0.3) is 0 Å². The molecule has 0 unspecified atom stereocenters. The molecule has 0 atom stereocenters. The molecule has 1 heterocycles. The van der Waals surface area contributed by atoms with Gasteiger partial charge in [-0.1, -0.05) is 32.6 Å². The van der Waals surface area contributed by atoms with Gasteiger partial charge in [0.15, 0.2) is 0 Å². The minimum atomic E-state index is 0.425. The fourth-order valence-electron chi connectivity index (χ4n) is 1.82. The third kappa shape index (κ3) is 4.41. The summed E-state index contributed by atoms with van der Waals surface area (Å²) in [5, 5.41) is 0. The number of ketones is 1. The number of rotatable bonds is 6. The Labute approximate surface area is 81.3 Å². The van der Waals surface area contributed by atoms with Crippen molar-refractivity contribution >= 4 is 5.78 Å². The lowest BCUT2D eigenvalue weighted by atomic mass is 10.1. The first-order valence-electron chi connectivity index (χ1n) is 5.57. The number of Topliss-reactive ketones (excluding diaryl/α,β-unsaturated/α-hetero) is 1. The zero-order chi connectivity index (χ0) is 9.52. The Morgan fingerprint density at radius 2 is 2.00 bits per heavy atom. The number of carbonyl (C=O) groups excluding carboxylic acids is 1. The molecule has 2 nitrogen and oxygen atoms in total. The normalized spacial score (nSPS) is 18.4. The molecule has 1 rings (SSSR count). The maximum absolute atomic E-state index is 10.9. The Bertz CT molecular complexity index is 156. The van der Waals surface area contributed by atoms with E-state index < -0.39 is 0 Å². The fraction of sp³-hybridized carbons (Fsp3) is 0.909. The summed E-state index contributed by atoms with van der Waals surface area (Å²) in [5.41, 5.74) is 0. The van der Waals surface area contributed by atoms with Gasteiger partial charge in [-0.25, -0.2) is 0 Å². The second-order valence-electron chi connectivity index (χ2n) is 3.98. The van der Waals surface area contributed by atoms with Crippen LogP contribution in [0.25, 0.3) is 0 Å². The summed E-state index contributed by atoms with van der Waals surface area (Å²) in [4.78, 5) is 13.2. The number of nitrogens with zero attached hydrogens (tertiary/aromatic N) is 1. The van der Waals surface area contributed by atoms with Gasteiger partial charge in [-0.15, -0.1) is 0 Å². The molecule has 76 valence electrons. The van der Waals surface area contributed by atoms with E-state index in [0.29, 0.717) is 12.3 Å². The van der Waals surface area contributed by atoms with Crippen molar-refractivity contribution in [3.8, 4) is 0 Å². The topological polar surface area (TPSA) is 20.3 Å². The lowest BCUT2D eigenvalue weighted by Gasteiger charge is -2.12. The highest BCUT2D eigenvalue weighted by Crippen LogP contribution is 2.08. The molecular weight excluding hydrogens is 162 g/mol. The molecule has 0 aromatic carbocycles. The molecular formula is C11H21NO. The third-order valence-electron chi connectivity index (χ3n) is 2.68. The Balaban J connectivity index is 1.91. The predicted molar refractivity (Wildman–Crippen MR) is 54.8 cm³/mol. The van der Waals surface area contributed by atoms with Crippen LogP contribution in [0.3, 0.4) is 0 Å². The molecule has 1 saturated heterocycles. The SMILES string of the molecule is CCCCCCCN1CCC(=O)C1. The summed E-state index contributed by atoms with van der Waals surface area (Å²) < 4.78 is 0. The lowest BCUT2D eigenvalue weighted by Crippen LogP contribution is -2.21. The van der Waals surface area contributed by atoms with E-state index in [2.05, 4.69) is 11.8 Å². The van der Waals surface area contributed by atoms with Crippen molar-refractivity contribution in [2.75, 3.05) is 19.6 Å². The van der Waals surface area contributed by atoms with E-state index in [-0.39, 0.29) is 0 Å². The largest absolute Gasteiger partial charge is 0.298 e. The van der Waals surface area contributed by atoms with E-state index in [0.717, 1.165) is 19.5 Å².